The molecule has 0 saturated heterocycles. The molecule has 0 aliphatic carbocycles. The van der Waals surface area contributed by atoms with E-state index in [4.69, 9.17) is 4.74 Å². The van der Waals surface area contributed by atoms with Gasteiger partial charge in [0.15, 0.2) is 0 Å². The molecule has 0 bridgehead atoms. The van der Waals surface area contributed by atoms with Crippen LogP contribution >= 0.6 is 0 Å². The molecule has 21 heavy (non-hydrogen) atoms. The van der Waals surface area contributed by atoms with E-state index in [-0.39, 0.29) is 11.3 Å². The summed E-state index contributed by atoms with van der Waals surface area (Å²) in [6.45, 7) is 0. The Balaban J connectivity index is 2.15. The summed E-state index contributed by atoms with van der Waals surface area (Å²) in [5.74, 6) is -1.03. The summed E-state index contributed by atoms with van der Waals surface area (Å²) in [5.41, 5.74) is 0.00620. The molecule has 108 valence electrons. The molecule has 1 N–H and O–H groups in total. The first kappa shape index (κ1) is 14.5. The molecule has 0 aromatic heterocycles. The van der Waals surface area contributed by atoms with E-state index in [1.807, 2.05) is 0 Å². The number of anilines is 1. The standard InChI is InChI=1S/C15H12FNO4/c1-20-14(18)12-9-10(16)7-8-13(12)17-15(19)21-11-5-3-2-4-6-11/h2-9H,1H3,(H,17,19). The van der Waals surface area contributed by atoms with Crippen LogP contribution in [0.1, 0.15) is 10.4 Å². The first-order valence-corrected chi connectivity index (χ1v) is 6.02. The van der Waals surface area contributed by atoms with Crippen LogP contribution < -0.4 is 10.1 Å². The minimum absolute atomic E-state index is 0.0949. The van der Waals surface area contributed by atoms with E-state index < -0.39 is 17.9 Å². The highest BCUT2D eigenvalue weighted by Crippen LogP contribution is 2.19. The maximum absolute atomic E-state index is 13.2. The maximum Gasteiger partial charge on any atom is 0.417 e. The number of hydrogen-bond acceptors (Lipinski definition) is 4. The van der Waals surface area contributed by atoms with Crippen LogP contribution in [-0.4, -0.2) is 19.2 Å². The number of ether oxygens (including phenoxy) is 2. The van der Waals surface area contributed by atoms with E-state index >= 15 is 0 Å². The SMILES string of the molecule is COC(=O)c1cc(F)ccc1NC(=O)Oc1ccccc1. The van der Waals surface area contributed by atoms with Crippen LogP contribution in [0.15, 0.2) is 48.5 Å². The molecule has 5 nitrogen and oxygen atoms in total. The minimum atomic E-state index is -0.794. The fourth-order valence-electron chi connectivity index (χ4n) is 1.64. The van der Waals surface area contributed by atoms with Crippen molar-refractivity contribution in [2.24, 2.45) is 0 Å². The summed E-state index contributed by atoms with van der Waals surface area (Å²) in [5, 5.41) is 2.37. The number of amides is 1. The van der Waals surface area contributed by atoms with E-state index in [0.29, 0.717) is 5.75 Å². The number of carbonyl (C=O) groups excluding carboxylic acids is 2. The van der Waals surface area contributed by atoms with Gasteiger partial charge >= 0.3 is 12.1 Å². The average molecular weight is 289 g/mol. The molecule has 6 heteroatoms. The number of nitrogens with one attached hydrogen (secondary N) is 1. The van der Waals surface area contributed by atoms with Crippen molar-refractivity contribution < 1.29 is 23.5 Å². The summed E-state index contributed by atoms with van der Waals surface area (Å²) in [6, 6.07) is 11.8. The quantitative estimate of drug-likeness (QED) is 0.881. The molecular formula is C15H12FNO4. The molecular weight excluding hydrogens is 277 g/mol. The van der Waals surface area contributed by atoms with Crippen molar-refractivity contribution in [3.05, 3.63) is 59.9 Å². The summed E-state index contributed by atoms with van der Waals surface area (Å²) in [4.78, 5) is 23.3. The van der Waals surface area contributed by atoms with Gasteiger partial charge in [-0.05, 0) is 30.3 Å². The van der Waals surface area contributed by atoms with E-state index in [9.17, 15) is 14.0 Å². The number of carbonyl (C=O) groups is 2. The van der Waals surface area contributed by atoms with Crippen molar-refractivity contribution in [1.82, 2.24) is 0 Å². The second-order valence-electron chi connectivity index (χ2n) is 4.01. The van der Waals surface area contributed by atoms with Crippen molar-refractivity contribution in [3.63, 3.8) is 0 Å². The first-order valence-electron chi connectivity index (χ1n) is 6.02. The van der Waals surface area contributed by atoms with Gasteiger partial charge in [-0.25, -0.2) is 14.0 Å². The number of benzene rings is 2. The molecule has 0 aliphatic heterocycles. The number of rotatable bonds is 3. The number of hydrogen-bond donors (Lipinski definition) is 1. The third-order valence-electron chi connectivity index (χ3n) is 2.58. The van der Waals surface area contributed by atoms with Crippen LogP contribution in [-0.2, 0) is 4.74 Å². The largest absolute Gasteiger partial charge is 0.465 e. The zero-order valence-electron chi connectivity index (χ0n) is 11.1. The van der Waals surface area contributed by atoms with Gasteiger partial charge in [-0.1, -0.05) is 18.2 Å². The third-order valence-corrected chi connectivity index (χ3v) is 2.58. The Kier molecular flexibility index (Phi) is 4.50. The molecule has 0 heterocycles. The number of methoxy groups -OCH3 is 1. The number of esters is 1. The van der Waals surface area contributed by atoms with Gasteiger partial charge in [-0.15, -0.1) is 0 Å². The average Bonchev–Trinajstić information content (AvgIpc) is 2.49. The molecule has 2 rings (SSSR count). The Morgan fingerprint density at radius 2 is 1.81 bits per heavy atom. The van der Waals surface area contributed by atoms with Crippen LogP contribution in [0.3, 0.4) is 0 Å². The molecule has 0 atom stereocenters. The summed E-state index contributed by atoms with van der Waals surface area (Å²) < 4.78 is 22.7. The van der Waals surface area contributed by atoms with Crippen molar-refractivity contribution >= 4 is 17.7 Å². The molecule has 0 radical (unpaired) electrons. The Morgan fingerprint density at radius 1 is 1.10 bits per heavy atom. The van der Waals surface area contributed by atoms with Crippen molar-refractivity contribution in [2.45, 2.75) is 0 Å². The molecule has 0 unspecified atom stereocenters. The third kappa shape index (κ3) is 3.79. The van der Waals surface area contributed by atoms with E-state index in [1.165, 1.54) is 13.2 Å². The fourth-order valence-corrected chi connectivity index (χ4v) is 1.64. The molecule has 0 fully saturated rings. The maximum atomic E-state index is 13.2. The van der Waals surface area contributed by atoms with E-state index in [2.05, 4.69) is 10.1 Å². The minimum Gasteiger partial charge on any atom is -0.465 e. The summed E-state index contributed by atoms with van der Waals surface area (Å²) in [6.07, 6.45) is -0.794. The van der Waals surface area contributed by atoms with Crippen LogP contribution in [0, 0.1) is 5.82 Å². The molecule has 0 spiro atoms. The smallest absolute Gasteiger partial charge is 0.417 e. The fraction of sp³-hybridized carbons (Fsp3) is 0.0667. The Hall–Kier alpha value is -2.89. The lowest BCUT2D eigenvalue weighted by molar-refractivity contribution is 0.0601. The molecule has 2 aromatic rings. The van der Waals surface area contributed by atoms with E-state index in [1.54, 1.807) is 30.3 Å². The Morgan fingerprint density at radius 3 is 2.48 bits per heavy atom. The number of para-hydroxylation sites is 1. The molecule has 0 saturated carbocycles. The predicted octanol–water partition coefficient (Wildman–Crippen LogP) is 3.22. The summed E-state index contributed by atoms with van der Waals surface area (Å²) >= 11 is 0. The van der Waals surface area contributed by atoms with Crippen LogP contribution in [0.2, 0.25) is 0 Å². The monoisotopic (exact) mass is 289 g/mol. The van der Waals surface area contributed by atoms with Gasteiger partial charge in [0.05, 0.1) is 18.4 Å². The molecule has 1 amide bonds. The van der Waals surface area contributed by atoms with Gasteiger partial charge in [0.2, 0.25) is 0 Å². The van der Waals surface area contributed by atoms with Crippen molar-refractivity contribution in [1.29, 1.82) is 0 Å². The second kappa shape index (κ2) is 6.51. The van der Waals surface area contributed by atoms with Crippen LogP contribution in [0.25, 0.3) is 0 Å². The summed E-state index contributed by atoms with van der Waals surface area (Å²) in [7, 11) is 1.17. The molecule has 0 aliphatic rings. The van der Waals surface area contributed by atoms with Gasteiger partial charge < -0.3 is 9.47 Å². The lowest BCUT2D eigenvalue weighted by Gasteiger charge is -2.10. The van der Waals surface area contributed by atoms with Gasteiger partial charge in [0, 0.05) is 0 Å². The lowest BCUT2D eigenvalue weighted by atomic mass is 10.1. The first-order chi connectivity index (χ1) is 10.1. The lowest BCUT2D eigenvalue weighted by Crippen LogP contribution is -2.19. The van der Waals surface area contributed by atoms with Crippen molar-refractivity contribution in [3.8, 4) is 5.75 Å². The Labute approximate surface area is 120 Å². The zero-order valence-corrected chi connectivity index (χ0v) is 11.1. The molecule has 2 aromatic carbocycles. The highest BCUT2D eigenvalue weighted by molar-refractivity contribution is 5.99. The predicted molar refractivity (Wildman–Crippen MR) is 73.8 cm³/mol. The topological polar surface area (TPSA) is 64.6 Å². The van der Waals surface area contributed by atoms with Gasteiger partial charge in [-0.3, -0.25) is 5.32 Å². The van der Waals surface area contributed by atoms with Gasteiger partial charge in [-0.2, -0.15) is 0 Å². The van der Waals surface area contributed by atoms with Crippen LogP contribution in [0.4, 0.5) is 14.9 Å². The van der Waals surface area contributed by atoms with Crippen molar-refractivity contribution in [2.75, 3.05) is 12.4 Å². The van der Waals surface area contributed by atoms with Crippen LogP contribution in [0.5, 0.6) is 5.75 Å². The number of halogens is 1. The normalized spacial score (nSPS) is 9.81. The van der Waals surface area contributed by atoms with Gasteiger partial charge in [0.25, 0.3) is 0 Å². The highest BCUT2D eigenvalue weighted by atomic mass is 19.1. The Bertz CT molecular complexity index is 658. The highest BCUT2D eigenvalue weighted by Gasteiger charge is 2.15. The second-order valence-corrected chi connectivity index (χ2v) is 4.01. The van der Waals surface area contributed by atoms with E-state index in [0.717, 1.165) is 12.1 Å². The van der Waals surface area contributed by atoms with Gasteiger partial charge in [0.1, 0.15) is 11.6 Å². The zero-order chi connectivity index (χ0) is 15.2.